The molecule has 0 atom stereocenters. The molecule has 3 rings (SSSR count). The average molecular weight is 276 g/mol. The highest BCUT2D eigenvalue weighted by Crippen LogP contribution is 2.36. The molecule has 3 aromatic rings. The summed E-state index contributed by atoms with van der Waals surface area (Å²) in [6.45, 7) is 2.04. The molecule has 0 spiro atoms. The van der Waals surface area contributed by atoms with E-state index in [0.717, 1.165) is 26.4 Å². The first kappa shape index (κ1) is 11.5. The molecule has 1 N–H and O–H groups in total. The Bertz CT molecular complexity index is 736. The Morgan fingerprint density at radius 2 is 2.06 bits per heavy atom. The second kappa shape index (κ2) is 4.26. The van der Waals surface area contributed by atoms with Gasteiger partial charge in [-0.3, -0.25) is 0 Å². The molecule has 2 nitrogen and oxygen atoms in total. The quantitative estimate of drug-likeness (QED) is 0.702. The van der Waals surface area contributed by atoms with E-state index in [9.17, 15) is 5.11 Å². The van der Waals surface area contributed by atoms with Crippen LogP contribution in [0.2, 0.25) is 5.02 Å². The van der Waals surface area contributed by atoms with Crippen molar-refractivity contribution in [3.63, 3.8) is 0 Å². The number of benzene rings is 2. The zero-order valence-electron chi connectivity index (χ0n) is 9.64. The highest BCUT2D eigenvalue weighted by Gasteiger charge is 2.11. The number of aromatic hydroxyl groups is 1. The molecule has 0 aliphatic carbocycles. The van der Waals surface area contributed by atoms with Gasteiger partial charge in [0, 0.05) is 5.56 Å². The van der Waals surface area contributed by atoms with E-state index < -0.39 is 0 Å². The third-order valence-corrected chi connectivity index (χ3v) is 4.18. The van der Waals surface area contributed by atoms with Crippen LogP contribution in [0.5, 0.6) is 5.75 Å². The number of rotatable bonds is 1. The van der Waals surface area contributed by atoms with E-state index in [1.165, 1.54) is 0 Å². The second-order valence-electron chi connectivity index (χ2n) is 4.10. The summed E-state index contributed by atoms with van der Waals surface area (Å²) in [4.78, 5) is 4.61. The topological polar surface area (TPSA) is 33.1 Å². The van der Waals surface area contributed by atoms with Crippen molar-refractivity contribution >= 4 is 33.2 Å². The van der Waals surface area contributed by atoms with Crippen LogP contribution >= 0.6 is 22.9 Å². The largest absolute Gasteiger partial charge is 0.508 e. The van der Waals surface area contributed by atoms with E-state index >= 15 is 0 Å². The van der Waals surface area contributed by atoms with Gasteiger partial charge in [0.05, 0.1) is 15.2 Å². The zero-order valence-corrected chi connectivity index (χ0v) is 11.2. The minimum Gasteiger partial charge on any atom is -0.508 e. The maximum atomic E-state index is 9.55. The van der Waals surface area contributed by atoms with Gasteiger partial charge in [-0.15, -0.1) is 11.3 Å². The molecular formula is C14H10ClNOS. The Balaban J connectivity index is 2.26. The maximum Gasteiger partial charge on any atom is 0.126 e. The molecular weight excluding hydrogens is 266 g/mol. The lowest BCUT2D eigenvalue weighted by Crippen LogP contribution is -1.79. The van der Waals surface area contributed by atoms with Crippen molar-refractivity contribution in [3.05, 3.63) is 47.0 Å². The third-order valence-electron chi connectivity index (χ3n) is 2.80. The molecule has 0 saturated heterocycles. The number of halogens is 1. The molecule has 0 radical (unpaired) electrons. The number of aromatic nitrogens is 1. The first-order valence-corrected chi connectivity index (χ1v) is 6.69. The van der Waals surface area contributed by atoms with Crippen LogP contribution in [-0.4, -0.2) is 10.1 Å². The van der Waals surface area contributed by atoms with Gasteiger partial charge in [-0.05, 0) is 36.8 Å². The van der Waals surface area contributed by atoms with E-state index in [0.29, 0.717) is 5.02 Å². The van der Waals surface area contributed by atoms with Crippen LogP contribution in [0.25, 0.3) is 20.8 Å². The second-order valence-corrected chi connectivity index (χ2v) is 5.54. The molecule has 0 aliphatic rings. The van der Waals surface area contributed by atoms with Crippen molar-refractivity contribution in [3.8, 4) is 16.3 Å². The Morgan fingerprint density at radius 3 is 2.83 bits per heavy atom. The Morgan fingerprint density at radius 1 is 1.22 bits per heavy atom. The van der Waals surface area contributed by atoms with Crippen LogP contribution in [0.1, 0.15) is 5.56 Å². The predicted octanol–water partition coefficient (Wildman–Crippen LogP) is 4.63. The van der Waals surface area contributed by atoms with E-state index in [4.69, 9.17) is 11.6 Å². The van der Waals surface area contributed by atoms with Gasteiger partial charge >= 0.3 is 0 Å². The zero-order chi connectivity index (χ0) is 12.7. The standard InChI is InChI=1S/C14H10ClNOS/c1-8-3-2-4-12-13(8)16-14(18-12)10-7-9(17)5-6-11(10)15/h2-7,17H,1H3. The van der Waals surface area contributed by atoms with Crippen LogP contribution in [0.15, 0.2) is 36.4 Å². The highest BCUT2D eigenvalue weighted by atomic mass is 35.5. The van der Waals surface area contributed by atoms with Gasteiger partial charge in [0.2, 0.25) is 0 Å². The highest BCUT2D eigenvalue weighted by molar-refractivity contribution is 7.21. The number of hydrogen-bond donors (Lipinski definition) is 1. The van der Waals surface area contributed by atoms with Crippen molar-refractivity contribution in [1.29, 1.82) is 0 Å². The molecule has 2 aromatic carbocycles. The lowest BCUT2D eigenvalue weighted by atomic mass is 10.2. The average Bonchev–Trinajstić information content (AvgIpc) is 2.77. The van der Waals surface area contributed by atoms with Gasteiger partial charge in [-0.25, -0.2) is 4.98 Å². The molecule has 90 valence electrons. The van der Waals surface area contributed by atoms with Crippen molar-refractivity contribution in [2.75, 3.05) is 0 Å². The molecule has 0 amide bonds. The number of thiazole rings is 1. The first-order valence-electron chi connectivity index (χ1n) is 5.50. The van der Waals surface area contributed by atoms with E-state index in [-0.39, 0.29) is 5.75 Å². The van der Waals surface area contributed by atoms with E-state index in [2.05, 4.69) is 4.98 Å². The summed E-state index contributed by atoms with van der Waals surface area (Å²) in [6.07, 6.45) is 0. The number of nitrogens with zero attached hydrogens (tertiary/aromatic N) is 1. The van der Waals surface area contributed by atoms with Crippen LogP contribution in [0.3, 0.4) is 0 Å². The lowest BCUT2D eigenvalue weighted by molar-refractivity contribution is 0.475. The van der Waals surface area contributed by atoms with Gasteiger partial charge < -0.3 is 5.11 Å². The molecule has 4 heteroatoms. The number of phenolic OH excluding ortho intramolecular Hbond substituents is 1. The van der Waals surface area contributed by atoms with E-state index in [1.807, 2.05) is 25.1 Å². The van der Waals surface area contributed by atoms with Crippen molar-refractivity contribution in [1.82, 2.24) is 4.98 Å². The van der Waals surface area contributed by atoms with Gasteiger partial charge in [0.1, 0.15) is 10.8 Å². The van der Waals surface area contributed by atoms with Crippen LogP contribution < -0.4 is 0 Å². The van der Waals surface area contributed by atoms with Crippen molar-refractivity contribution in [2.24, 2.45) is 0 Å². The molecule has 0 bridgehead atoms. The normalized spacial score (nSPS) is 11.0. The number of phenols is 1. The molecule has 0 fully saturated rings. The predicted molar refractivity (Wildman–Crippen MR) is 76.5 cm³/mol. The summed E-state index contributed by atoms with van der Waals surface area (Å²) in [5.74, 6) is 0.199. The minimum absolute atomic E-state index is 0.199. The number of hydrogen-bond acceptors (Lipinski definition) is 3. The summed E-state index contributed by atoms with van der Waals surface area (Å²) in [6, 6.07) is 11.0. The fourth-order valence-electron chi connectivity index (χ4n) is 1.88. The molecule has 0 unspecified atom stereocenters. The van der Waals surface area contributed by atoms with Gasteiger partial charge in [-0.1, -0.05) is 23.7 Å². The summed E-state index contributed by atoms with van der Waals surface area (Å²) < 4.78 is 1.13. The number of fused-ring (bicyclic) bond motifs is 1. The molecule has 0 aliphatic heterocycles. The van der Waals surface area contributed by atoms with Crippen LogP contribution in [0, 0.1) is 6.92 Å². The monoisotopic (exact) mass is 275 g/mol. The third kappa shape index (κ3) is 1.85. The Hall–Kier alpha value is -1.58. The van der Waals surface area contributed by atoms with Crippen LogP contribution in [-0.2, 0) is 0 Å². The SMILES string of the molecule is Cc1cccc2sc(-c3cc(O)ccc3Cl)nc12. The summed E-state index contributed by atoms with van der Waals surface area (Å²) in [5.41, 5.74) is 2.92. The molecule has 1 heterocycles. The summed E-state index contributed by atoms with van der Waals surface area (Å²) in [7, 11) is 0. The summed E-state index contributed by atoms with van der Waals surface area (Å²) in [5, 5.41) is 11.0. The number of para-hydroxylation sites is 1. The minimum atomic E-state index is 0.199. The number of aryl methyl sites for hydroxylation is 1. The van der Waals surface area contributed by atoms with Gasteiger partial charge in [0.15, 0.2) is 0 Å². The fraction of sp³-hybridized carbons (Fsp3) is 0.0714. The van der Waals surface area contributed by atoms with Crippen molar-refractivity contribution in [2.45, 2.75) is 6.92 Å². The van der Waals surface area contributed by atoms with Crippen molar-refractivity contribution < 1.29 is 5.11 Å². The maximum absolute atomic E-state index is 9.55. The molecule has 0 saturated carbocycles. The van der Waals surface area contributed by atoms with Gasteiger partial charge in [-0.2, -0.15) is 0 Å². The summed E-state index contributed by atoms with van der Waals surface area (Å²) >= 11 is 7.73. The first-order chi connectivity index (χ1) is 8.65. The van der Waals surface area contributed by atoms with E-state index in [1.54, 1.807) is 29.5 Å². The lowest BCUT2D eigenvalue weighted by Gasteiger charge is -2.00. The Kier molecular flexibility index (Phi) is 2.73. The van der Waals surface area contributed by atoms with Gasteiger partial charge in [0.25, 0.3) is 0 Å². The molecule has 18 heavy (non-hydrogen) atoms. The fourth-order valence-corrected chi connectivity index (χ4v) is 3.22. The smallest absolute Gasteiger partial charge is 0.126 e. The van der Waals surface area contributed by atoms with Crippen LogP contribution in [0.4, 0.5) is 0 Å². The Labute approximate surface area is 113 Å². The molecule has 1 aromatic heterocycles.